The first-order valence-electron chi connectivity index (χ1n) is 7.90. The Morgan fingerprint density at radius 2 is 1.71 bits per heavy atom. The van der Waals surface area contributed by atoms with Crippen LogP contribution in [0.2, 0.25) is 0 Å². The standard InChI is InChI=1S/C17H20N4O3/c1-14(22)19-9-11-20(12-10-19)17(23)13-24-16-7-8-21(18-16)15-5-3-2-4-6-15/h2-8H,9-13H2,1H3. The van der Waals surface area contributed by atoms with Gasteiger partial charge in [-0.2, -0.15) is 0 Å². The average Bonchev–Trinajstić information content (AvgIpc) is 3.09. The lowest BCUT2D eigenvalue weighted by Crippen LogP contribution is -2.51. The fraction of sp³-hybridized carbons (Fsp3) is 0.353. The molecule has 0 aliphatic carbocycles. The average molecular weight is 328 g/mol. The minimum Gasteiger partial charge on any atom is -0.466 e. The molecule has 2 aromatic rings. The molecule has 1 aliphatic rings. The van der Waals surface area contributed by atoms with Crippen LogP contribution in [-0.4, -0.2) is 64.2 Å². The molecule has 0 atom stereocenters. The molecular weight excluding hydrogens is 308 g/mol. The molecule has 126 valence electrons. The largest absolute Gasteiger partial charge is 0.466 e. The highest BCUT2D eigenvalue weighted by Crippen LogP contribution is 2.12. The van der Waals surface area contributed by atoms with Crippen LogP contribution in [0.25, 0.3) is 5.69 Å². The molecule has 2 amide bonds. The Kier molecular flexibility index (Phi) is 4.79. The van der Waals surface area contributed by atoms with Crippen molar-refractivity contribution in [1.29, 1.82) is 0 Å². The van der Waals surface area contributed by atoms with Crippen LogP contribution in [0.3, 0.4) is 0 Å². The highest BCUT2D eigenvalue weighted by Gasteiger charge is 2.22. The normalized spacial score (nSPS) is 14.5. The zero-order valence-electron chi connectivity index (χ0n) is 13.6. The molecule has 0 spiro atoms. The van der Waals surface area contributed by atoms with Crippen molar-refractivity contribution in [1.82, 2.24) is 19.6 Å². The monoisotopic (exact) mass is 328 g/mol. The van der Waals surface area contributed by atoms with Gasteiger partial charge in [-0.1, -0.05) is 18.2 Å². The summed E-state index contributed by atoms with van der Waals surface area (Å²) in [6, 6.07) is 11.4. The van der Waals surface area contributed by atoms with Crippen LogP contribution in [0.4, 0.5) is 0 Å². The van der Waals surface area contributed by atoms with E-state index in [2.05, 4.69) is 5.10 Å². The number of hydrogen-bond acceptors (Lipinski definition) is 4. The van der Waals surface area contributed by atoms with E-state index in [1.807, 2.05) is 30.3 Å². The summed E-state index contributed by atoms with van der Waals surface area (Å²) in [5.74, 6) is 0.367. The summed E-state index contributed by atoms with van der Waals surface area (Å²) in [4.78, 5) is 26.9. The first-order chi connectivity index (χ1) is 11.6. The van der Waals surface area contributed by atoms with E-state index in [9.17, 15) is 9.59 Å². The first kappa shape index (κ1) is 16.0. The lowest BCUT2D eigenvalue weighted by atomic mass is 10.3. The Labute approximate surface area is 140 Å². The molecule has 7 heteroatoms. The van der Waals surface area contributed by atoms with Crippen molar-refractivity contribution < 1.29 is 14.3 Å². The van der Waals surface area contributed by atoms with Crippen molar-refractivity contribution in [2.75, 3.05) is 32.8 Å². The maximum absolute atomic E-state index is 12.2. The fourth-order valence-corrected chi connectivity index (χ4v) is 2.61. The van der Waals surface area contributed by atoms with Crippen LogP contribution >= 0.6 is 0 Å². The van der Waals surface area contributed by atoms with Gasteiger partial charge in [-0.3, -0.25) is 9.59 Å². The lowest BCUT2D eigenvalue weighted by Gasteiger charge is -2.34. The Hall–Kier alpha value is -2.83. The van der Waals surface area contributed by atoms with Gasteiger partial charge in [0, 0.05) is 45.4 Å². The van der Waals surface area contributed by atoms with Gasteiger partial charge < -0.3 is 14.5 Å². The predicted molar refractivity (Wildman–Crippen MR) is 87.9 cm³/mol. The summed E-state index contributed by atoms with van der Waals surface area (Å²) in [6.45, 7) is 3.73. The molecule has 0 saturated carbocycles. The van der Waals surface area contributed by atoms with Gasteiger partial charge in [0.15, 0.2) is 6.61 Å². The van der Waals surface area contributed by atoms with E-state index < -0.39 is 0 Å². The number of nitrogens with zero attached hydrogens (tertiary/aromatic N) is 4. The van der Waals surface area contributed by atoms with Crippen LogP contribution < -0.4 is 4.74 Å². The van der Waals surface area contributed by atoms with E-state index in [1.165, 1.54) is 0 Å². The summed E-state index contributed by atoms with van der Waals surface area (Å²) in [7, 11) is 0. The topological polar surface area (TPSA) is 67.7 Å². The highest BCUT2D eigenvalue weighted by atomic mass is 16.5. The van der Waals surface area contributed by atoms with E-state index in [4.69, 9.17) is 4.74 Å². The van der Waals surface area contributed by atoms with Crippen molar-refractivity contribution in [3.63, 3.8) is 0 Å². The van der Waals surface area contributed by atoms with Crippen molar-refractivity contribution in [3.8, 4) is 11.6 Å². The molecule has 1 saturated heterocycles. The molecule has 2 heterocycles. The third kappa shape index (κ3) is 3.73. The smallest absolute Gasteiger partial charge is 0.260 e. The number of hydrogen-bond donors (Lipinski definition) is 0. The van der Waals surface area contributed by atoms with E-state index in [-0.39, 0.29) is 18.4 Å². The Morgan fingerprint density at radius 1 is 1.04 bits per heavy atom. The van der Waals surface area contributed by atoms with Gasteiger partial charge in [0.2, 0.25) is 11.8 Å². The van der Waals surface area contributed by atoms with Crippen LogP contribution in [0.15, 0.2) is 42.6 Å². The molecule has 1 aromatic carbocycles. The van der Waals surface area contributed by atoms with E-state index in [0.717, 1.165) is 5.69 Å². The molecule has 3 rings (SSSR count). The molecule has 1 aromatic heterocycles. The van der Waals surface area contributed by atoms with Gasteiger partial charge in [-0.15, -0.1) is 5.10 Å². The number of piperazine rings is 1. The van der Waals surface area contributed by atoms with Crippen molar-refractivity contribution in [2.24, 2.45) is 0 Å². The number of ether oxygens (including phenoxy) is 1. The second-order valence-electron chi connectivity index (χ2n) is 5.61. The van der Waals surface area contributed by atoms with Crippen LogP contribution in [0.5, 0.6) is 5.88 Å². The molecule has 0 bridgehead atoms. The molecule has 0 unspecified atom stereocenters. The maximum Gasteiger partial charge on any atom is 0.260 e. The summed E-state index contributed by atoms with van der Waals surface area (Å²) in [5, 5.41) is 4.30. The second kappa shape index (κ2) is 7.16. The number of carbonyl (C=O) groups excluding carboxylic acids is 2. The van der Waals surface area contributed by atoms with Gasteiger partial charge in [-0.05, 0) is 12.1 Å². The van der Waals surface area contributed by atoms with Gasteiger partial charge in [-0.25, -0.2) is 4.68 Å². The van der Waals surface area contributed by atoms with Gasteiger partial charge >= 0.3 is 0 Å². The number of benzene rings is 1. The summed E-state index contributed by atoms with van der Waals surface area (Å²) < 4.78 is 7.19. The first-order valence-corrected chi connectivity index (χ1v) is 7.90. The van der Waals surface area contributed by atoms with Crippen LogP contribution in [-0.2, 0) is 9.59 Å². The Morgan fingerprint density at radius 3 is 2.38 bits per heavy atom. The second-order valence-corrected chi connectivity index (χ2v) is 5.61. The number of aromatic nitrogens is 2. The van der Waals surface area contributed by atoms with Gasteiger partial charge in [0.1, 0.15) is 0 Å². The third-order valence-corrected chi connectivity index (χ3v) is 4.01. The fourth-order valence-electron chi connectivity index (χ4n) is 2.61. The molecule has 0 N–H and O–H groups in total. The summed E-state index contributed by atoms with van der Waals surface area (Å²) in [5.41, 5.74) is 0.930. The molecule has 7 nitrogen and oxygen atoms in total. The molecule has 1 aliphatic heterocycles. The maximum atomic E-state index is 12.2. The Balaban J connectivity index is 1.50. The highest BCUT2D eigenvalue weighted by molar-refractivity contribution is 5.78. The minimum absolute atomic E-state index is 0.0461. The number of para-hydroxylation sites is 1. The van der Waals surface area contributed by atoms with Crippen molar-refractivity contribution in [2.45, 2.75) is 6.92 Å². The van der Waals surface area contributed by atoms with Gasteiger partial charge in [0.25, 0.3) is 5.91 Å². The van der Waals surface area contributed by atoms with Crippen molar-refractivity contribution >= 4 is 11.8 Å². The van der Waals surface area contributed by atoms with Crippen LogP contribution in [0.1, 0.15) is 6.92 Å². The zero-order chi connectivity index (χ0) is 16.9. The number of rotatable bonds is 4. The molecule has 1 fully saturated rings. The van der Waals surface area contributed by atoms with Crippen LogP contribution in [0, 0.1) is 0 Å². The van der Waals surface area contributed by atoms with E-state index in [0.29, 0.717) is 32.1 Å². The predicted octanol–water partition coefficient (Wildman–Crippen LogP) is 0.942. The molecular formula is C17H20N4O3. The quantitative estimate of drug-likeness (QED) is 0.838. The van der Waals surface area contributed by atoms with Gasteiger partial charge in [0.05, 0.1) is 5.69 Å². The van der Waals surface area contributed by atoms with Crippen molar-refractivity contribution in [3.05, 3.63) is 42.6 Å². The SMILES string of the molecule is CC(=O)N1CCN(C(=O)COc2ccn(-c3ccccc3)n2)CC1. The molecule has 0 radical (unpaired) electrons. The lowest BCUT2D eigenvalue weighted by molar-refractivity contribution is -0.139. The number of amides is 2. The van der Waals surface area contributed by atoms with E-state index in [1.54, 1.807) is 33.7 Å². The Bertz CT molecular complexity index is 706. The summed E-state index contributed by atoms with van der Waals surface area (Å²) >= 11 is 0. The van der Waals surface area contributed by atoms with E-state index >= 15 is 0 Å². The minimum atomic E-state index is -0.0903. The zero-order valence-corrected chi connectivity index (χ0v) is 13.6. The third-order valence-electron chi connectivity index (χ3n) is 4.01. The summed E-state index contributed by atoms with van der Waals surface area (Å²) in [6.07, 6.45) is 1.79. The molecule has 24 heavy (non-hydrogen) atoms. The number of carbonyl (C=O) groups is 2.